The third kappa shape index (κ3) is 4.37. The first-order valence-electron chi connectivity index (χ1n) is 6.37. The van der Waals surface area contributed by atoms with Crippen molar-refractivity contribution in [1.29, 1.82) is 0 Å². The van der Waals surface area contributed by atoms with Gasteiger partial charge in [0.2, 0.25) is 11.8 Å². The molecular weight excluding hydrogens is 288 g/mol. The second-order valence-electron chi connectivity index (χ2n) is 4.45. The molecule has 0 atom stereocenters. The minimum absolute atomic E-state index is 0.123. The zero-order valence-electron chi connectivity index (χ0n) is 11.6. The molecule has 0 aliphatic rings. The number of carbonyl (C=O) groups excluding carboxylic acids is 2. The predicted octanol–water partition coefficient (Wildman–Crippen LogP) is 0.979. The van der Waals surface area contributed by atoms with Crippen LogP contribution in [0.5, 0.6) is 0 Å². The Morgan fingerprint density at radius 1 is 1.24 bits per heavy atom. The van der Waals surface area contributed by atoms with Crippen LogP contribution in [0, 0.1) is 0 Å². The number of amides is 2. The fourth-order valence-corrected chi connectivity index (χ4v) is 2.50. The average molecular weight is 304 g/mol. The van der Waals surface area contributed by atoms with Crippen LogP contribution in [0.3, 0.4) is 0 Å². The van der Waals surface area contributed by atoms with Crippen molar-refractivity contribution < 1.29 is 9.59 Å². The lowest BCUT2D eigenvalue weighted by Gasteiger charge is -2.03. The van der Waals surface area contributed by atoms with Crippen LogP contribution in [-0.4, -0.2) is 16.8 Å². The van der Waals surface area contributed by atoms with Gasteiger partial charge in [0.25, 0.3) is 0 Å². The van der Waals surface area contributed by atoms with Gasteiger partial charge < -0.3 is 5.73 Å². The molecule has 0 unspecified atom stereocenters. The van der Waals surface area contributed by atoms with Gasteiger partial charge in [0, 0.05) is 24.4 Å². The van der Waals surface area contributed by atoms with Gasteiger partial charge in [-0.1, -0.05) is 24.3 Å². The normalized spacial score (nSPS) is 10.2. The molecule has 6 nitrogen and oxygen atoms in total. The molecule has 0 bridgehead atoms. The van der Waals surface area contributed by atoms with Gasteiger partial charge in [-0.2, -0.15) is 0 Å². The summed E-state index contributed by atoms with van der Waals surface area (Å²) in [5, 5.41) is 2.68. The van der Waals surface area contributed by atoms with Crippen LogP contribution in [0.25, 0.3) is 10.6 Å². The first-order chi connectivity index (χ1) is 10.1. The third-order valence-corrected chi connectivity index (χ3v) is 3.65. The van der Waals surface area contributed by atoms with Crippen LogP contribution >= 0.6 is 11.3 Å². The van der Waals surface area contributed by atoms with Crippen molar-refractivity contribution in [3.63, 3.8) is 0 Å². The van der Waals surface area contributed by atoms with Gasteiger partial charge >= 0.3 is 0 Å². The Morgan fingerprint density at radius 3 is 2.57 bits per heavy atom. The van der Waals surface area contributed by atoms with Crippen LogP contribution in [0.4, 0.5) is 0 Å². The number of nitrogens with one attached hydrogen (secondary N) is 2. The highest BCUT2D eigenvalue weighted by Gasteiger charge is 2.09. The van der Waals surface area contributed by atoms with E-state index in [1.54, 1.807) is 0 Å². The lowest BCUT2D eigenvalue weighted by atomic mass is 10.1. The summed E-state index contributed by atoms with van der Waals surface area (Å²) in [6, 6.07) is 7.84. The monoisotopic (exact) mass is 304 g/mol. The molecule has 0 saturated heterocycles. The van der Waals surface area contributed by atoms with E-state index >= 15 is 0 Å². The summed E-state index contributed by atoms with van der Waals surface area (Å²) in [6.07, 6.45) is 0.123. The van der Waals surface area contributed by atoms with Gasteiger partial charge in [0.15, 0.2) is 0 Å². The molecule has 4 N–H and O–H groups in total. The molecule has 21 heavy (non-hydrogen) atoms. The largest absolute Gasteiger partial charge is 0.326 e. The van der Waals surface area contributed by atoms with Crippen molar-refractivity contribution in [3.8, 4) is 10.6 Å². The molecule has 0 aliphatic carbocycles. The molecule has 1 aromatic carbocycles. The number of aromatic nitrogens is 1. The highest BCUT2D eigenvalue weighted by Crippen LogP contribution is 2.24. The number of hydrazine groups is 1. The van der Waals surface area contributed by atoms with Crippen molar-refractivity contribution in [2.45, 2.75) is 19.9 Å². The summed E-state index contributed by atoms with van der Waals surface area (Å²) in [4.78, 5) is 26.7. The van der Waals surface area contributed by atoms with Crippen LogP contribution in [-0.2, 0) is 22.6 Å². The van der Waals surface area contributed by atoms with Crippen molar-refractivity contribution in [3.05, 3.63) is 40.9 Å². The number of rotatable bonds is 4. The highest BCUT2D eigenvalue weighted by atomic mass is 32.1. The molecule has 0 fully saturated rings. The Hall–Kier alpha value is -2.25. The molecule has 110 valence electrons. The van der Waals surface area contributed by atoms with Crippen molar-refractivity contribution >= 4 is 23.2 Å². The number of carbonyl (C=O) groups is 2. The summed E-state index contributed by atoms with van der Waals surface area (Å²) in [6.45, 7) is 1.83. The standard InChI is InChI=1S/C14H16N4O2S/c1-9(19)17-18-13(20)6-12-8-21-14(16-12)11-4-2-10(7-15)3-5-11/h2-5,8H,6-7,15H2,1H3,(H,17,19)(H,18,20). The lowest BCUT2D eigenvalue weighted by molar-refractivity contribution is -0.127. The SMILES string of the molecule is CC(=O)NNC(=O)Cc1csc(-c2ccc(CN)cc2)n1. The molecule has 7 heteroatoms. The first-order valence-corrected chi connectivity index (χ1v) is 7.25. The van der Waals surface area contributed by atoms with Crippen molar-refractivity contribution in [1.82, 2.24) is 15.8 Å². The molecular formula is C14H16N4O2S. The number of hydrogen-bond acceptors (Lipinski definition) is 5. The molecule has 0 saturated carbocycles. The van der Waals surface area contributed by atoms with Gasteiger partial charge in [-0.25, -0.2) is 4.98 Å². The Labute approximate surface area is 126 Å². The minimum atomic E-state index is -0.317. The molecule has 2 rings (SSSR count). The molecule has 0 aliphatic heterocycles. The van der Waals surface area contributed by atoms with E-state index in [0.717, 1.165) is 16.1 Å². The number of benzene rings is 1. The Balaban J connectivity index is 2.00. The number of nitrogens with two attached hydrogens (primary N) is 1. The fourth-order valence-electron chi connectivity index (χ4n) is 1.67. The first kappa shape index (κ1) is 15.1. The highest BCUT2D eigenvalue weighted by molar-refractivity contribution is 7.13. The summed E-state index contributed by atoms with van der Waals surface area (Å²) in [5.41, 5.74) is 12.8. The van der Waals surface area contributed by atoms with Crippen molar-refractivity contribution in [2.75, 3.05) is 0 Å². The van der Waals surface area contributed by atoms with Crippen molar-refractivity contribution in [2.24, 2.45) is 5.73 Å². The van der Waals surface area contributed by atoms with E-state index in [9.17, 15) is 9.59 Å². The molecule has 2 amide bonds. The number of nitrogens with zero attached hydrogens (tertiary/aromatic N) is 1. The summed E-state index contributed by atoms with van der Waals surface area (Å²) in [7, 11) is 0. The van der Waals surface area contributed by atoms with Crippen LogP contribution in [0.1, 0.15) is 18.2 Å². The zero-order chi connectivity index (χ0) is 15.2. The second kappa shape index (κ2) is 6.96. The fraction of sp³-hybridized carbons (Fsp3) is 0.214. The topological polar surface area (TPSA) is 97.1 Å². The summed E-state index contributed by atoms with van der Waals surface area (Å²) >= 11 is 1.47. The Morgan fingerprint density at radius 2 is 1.95 bits per heavy atom. The predicted molar refractivity (Wildman–Crippen MR) is 81.1 cm³/mol. The van der Waals surface area contributed by atoms with Crippen LogP contribution < -0.4 is 16.6 Å². The Kier molecular flexibility index (Phi) is 5.02. The molecule has 2 aromatic rings. The second-order valence-corrected chi connectivity index (χ2v) is 5.31. The van der Waals surface area contributed by atoms with Crippen LogP contribution in [0.15, 0.2) is 29.6 Å². The van der Waals surface area contributed by atoms with E-state index in [4.69, 9.17) is 5.73 Å². The van der Waals surface area contributed by atoms with Gasteiger partial charge in [-0.15, -0.1) is 11.3 Å². The van der Waals surface area contributed by atoms with Crippen LogP contribution in [0.2, 0.25) is 0 Å². The number of thiazole rings is 1. The van der Waals surface area contributed by atoms with E-state index < -0.39 is 0 Å². The van der Waals surface area contributed by atoms with E-state index in [1.165, 1.54) is 18.3 Å². The Bertz CT molecular complexity index is 637. The smallest absolute Gasteiger partial charge is 0.244 e. The molecule has 1 aromatic heterocycles. The van der Waals surface area contributed by atoms with E-state index in [2.05, 4.69) is 15.8 Å². The summed E-state index contributed by atoms with van der Waals surface area (Å²) in [5.74, 6) is -0.622. The maximum Gasteiger partial charge on any atom is 0.244 e. The van der Waals surface area contributed by atoms with Gasteiger partial charge in [0.1, 0.15) is 5.01 Å². The van der Waals surface area contributed by atoms with Gasteiger partial charge in [-0.3, -0.25) is 20.4 Å². The van der Waals surface area contributed by atoms with Gasteiger partial charge in [0.05, 0.1) is 12.1 Å². The molecule has 1 heterocycles. The number of hydrogen-bond donors (Lipinski definition) is 3. The lowest BCUT2D eigenvalue weighted by Crippen LogP contribution is -2.41. The van der Waals surface area contributed by atoms with E-state index in [0.29, 0.717) is 12.2 Å². The third-order valence-electron chi connectivity index (χ3n) is 2.71. The quantitative estimate of drug-likeness (QED) is 0.733. The minimum Gasteiger partial charge on any atom is -0.326 e. The molecule has 0 spiro atoms. The van der Waals surface area contributed by atoms with E-state index in [1.807, 2.05) is 29.6 Å². The zero-order valence-corrected chi connectivity index (χ0v) is 12.4. The maximum atomic E-state index is 11.6. The average Bonchev–Trinajstić information content (AvgIpc) is 2.93. The molecule has 0 radical (unpaired) electrons. The van der Waals surface area contributed by atoms with Gasteiger partial charge in [-0.05, 0) is 5.56 Å². The van der Waals surface area contributed by atoms with E-state index in [-0.39, 0.29) is 18.2 Å². The maximum absolute atomic E-state index is 11.6. The summed E-state index contributed by atoms with van der Waals surface area (Å²) < 4.78 is 0.